The summed E-state index contributed by atoms with van der Waals surface area (Å²) in [6, 6.07) is 4.01. The minimum Gasteiger partial charge on any atom is -0.301 e. The number of rotatable bonds is 4. The molecule has 0 atom stereocenters. The topological polar surface area (TPSA) is 39.9 Å². The van der Waals surface area contributed by atoms with E-state index in [0.29, 0.717) is 11.4 Å². The first-order chi connectivity index (χ1) is 6.74. The molecular weight excluding hydrogens is 198 g/mol. The molecule has 0 spiro atoms. The van der Waals surface area contributed by atoms with Gasteiger partial charge in [0.2, 0.25) is 0 Å². The molecule has 4 heteroatoms. The van der Waals surface area contributed by atoms with Crippen LogP contribution < -0.4 is 0 Å². The van der Waals surface area contributed by atoms with Crippen molar-refractivity contribution in [3.05, 3.63) is 29.0 Å². The van der Waals surface area contributed by atoms with Crippen molar-refractivity contribution in [2.45, 2.75) is 13.0 Å². The summed E-state index contributed by atoms with van der Waals surface area (Å²) in [6.45, 7) is 1.51. The lowest BCUT2D eigenvalue weighted by Gasteiger charge is -2.15. The van der Waals surface area contributed by atoms with Crippen molar-refractivity contribution in [3.63, 3.8) is 0 Å². The molecule has 0 aliphatic heterocycles. The van der Waals surface area contributed by atoms with E-state index in [1.54, 1.807) is 12.4 Å². The van der Waals surface area contributed by atoms with Gasteiger partial charge in [0.05, 0.1) is 11.1 Å². The van der Waals surface area contributed by atoms with Crippen LogP contribution in [0.15, 0.2) is 18.5 Å². The van der Waals surface area contributed by atoms with Gasteiger partial charge in [-0.1, -0.05) is 11.6 Å². The van der Waals surface area contributed by atoms with Crippen LogP contribution in [-0.4, -0.2) is 23.5 Å². The average Bonchev–Trinajstić information content (AvgIpc) is 2.18. The van der Waals surface area contributed by atoms with Gasteiger partial charge in [-0.15, -0.1) is 0 Å². The third-order valence-electron chi connectivity index (χ3n) is 1.90. The lowest BCUT2D eigenvalue weighted by Crippen LogP contribution is -2.18. The minimum atomic E-state index is 0.541. The van der Waals surface area contributed by atoms with Crippen LogP contribution in [0.2, 0.25) is 5.02 Å². The summed E-state index contributed by atoms with van der Waals surface area (Å²) in [5, 5.41) is 9.10. The molecule has 0 N–H and O–H groups in total. The van der Waals surface area contributed by atoms with Crippen molar-refractivity contribution in [2.24, 2.45) is 0 Å². The molecule has 0 amide bonds. The van der Waals surface area contributed by atoms with Crippen molar-refractivity contribution in [3.8, 4) is 6.07 Å². The Labute approximate surface area is 88.9 Å². The summed E-state index contributed by atoms with van der Waals surface area (Å²) in [5.74, 6) is 0. The summed E-state index contributed by atoms with van der Waals surface area (Å²) in [5.41, 5.74) is 1.04. The normalized spacial score (nSPS) is 10.1. The Morgan fingerprint density at radius 3 is 3.07 bits per heavy atom. The zero-order valence-corrected chi connectivity index (χ0v) is 8.83. The molecule has 0 aliphatic carbocycles. The van der Waals surface area contributed by atoms with E-state index in [-0.39, 0.29) is 0 Å². The second-order valence-electron chi connectivity index (χ2n) is 3.11. The van der Waals surface area contributed by atoms with Crippen LogP contribution >= 0.6 is 11.6 Å². The van der Waals surface area contributed by atoms with Gasteiger partial charge in [-0.25, -0.2) is 0 Å². The number of nitriles is 1. The third-order valence-corrected chi connectivity index (χ3v) is 2.24. The quantitative estimate of drug-likeness (QED) is 0.763. The number of halogens is 1. The maximum atomic E-state index is 8.42. The molecule has 1 heterocycles. The first-order valence-electron chi connectivity index (χ1n) is 4.38. The number of hydrogen-bond donors (Lipinski definition) is 0. The Bertz CT molecular complexity index is 332. The predicted octanol–water partition coefficient (Wildman–Crippen LogP) is 2.08. The summed E-state index contributed by atoms with van der Waals surface area (Å²) >= 11 is 5.95. The van der Waals surface area contributed by atoms with Gasteiger partial charge in [0.15, 0.2) is 0 Å². The van der Waals surface area contributed by atoms with E-state index in [9.17, 15) is 0 Å². The van der Waals surface area contributed by atoms with E-state index < -0.39 is 0 Å². The number of nitrogens with zero attached hydrogens (tertiary/aromatic N) is 3. The van der Waals surface area contributed by atoms with Crippen LogP contribution in [0.1, 0.15) is 12.0 Å². The standard InChI is InChI=1S/C10H12ClN3/c1-14(6-2-4-12)8-9-3-5-13-7-10(9)11/h3,5,7H,2,6,8H2,1H3. The van der Waals surface area contributed by atoms with Crippen molar-refractivity contribution in [1.29, 1.82) is 5.26 Å². The Kier molecular flexibility index (Phi) is 4.37. The molecule has 0 bridgehead atoms. The van der Waals surface area contributed by atoms with Gasteiger partial charge in [-0.2, -0.15) is 5.26 Å². The zero-order chi connectivity index (χ0) is 10.4. The van der Waals surface area contributed by atoms with Crippen LogP contribution in [0.3, 0.4) is 0 Å². The highest BCUT2D eigenvalue weighted by molar-refractivity contribution is 6.31. The van der Waals surface area contributed by atoms with Crippen molar-refractivity contribution in [1.82, 2.24) is 9.88 Å². The summed E-state index contributed by atoms with van der Waals surface area (Å²) in [4.78, 5) is 5.97. The van der Waals surface area contributed by atoms with Crippen LogP contribution in [0.4, 0.5) is 0 Å². The Balaban J connectivity index is 2.52. The third kappa shape index (κ3) is 3.33. The van der Waals surface area contributed by atoms with Crippen LogP contribution in [-0.2, 0) is 6.54 Å². The van der Waals surface area contributed by atoms with E-state index in [0.717, 1.165) is 18.7 Å². The molecular formula is C10H12ClN3. The van der Waals surface area contributed by atoms with Crippen molar-refractivity contribution in [2.75, 3.05) is 13.6 Å². The van der Waals surface area contributed by atoms with Gasteiger partial charge in [-0.05, 0) is 18.7 Å². The lowest BCUT2D eigenvalue weighted by atomic mass is 10.2. The lowest BCUT2D eigenvalue weighted by molar-refractivity contribution is 0.335. The summed E-state index contributed by atoms with van der Waals surface area (Å²) in [7, 11) is 1.97. The molecule has 0 saturated carbocycles. The maximum absolute atomic E-state index is 8.42. The van der Waals surface area contributed by atoms with Gasteiger partial charge < -0.3 is 4.90 Å². The van der Waals surface area contributed by atoms with Gasteiger partial charge in [-0.3, -0.25) is 4.98 Å². The highest BCUT2D eigenvalue weighted by Gasteiger charge is 2.03. The van der Waals surface area contributed by atoms with E-state index >= 15 is 0 Å². The largest absolute Gasteiger partial charge is 0.301 e. The fraction of sp³-hybridized carbons (Fsp3) is 0.400. The molecule has 74 valence electrons. The average molecular weight is 210 g/mol. The summed E-state index contributed by atoms with van der Waals surface area (Å²) in [6.07, 6.45) is 3.90. The van der Waals surface area contributed by atoms with Gasteiger partial charge in [0.25, 0.3) is 0 Å². The molecule has 0 saturated heterocycles. The molecule has 0 radical (unpaired) electrons. The smallest absolute Gasteiger partial charge is 0.0635 e. The second-order valence-corrected chi connectivity index (χ2v) is 3.52. The van der Waals surface area contributed by atoms with Crippen LogP contribution in [0.5, 0.6) is 0 Å². The van der Waals surface area contributed by atoms with Crippen molar-refractivity contribution >= 4 is 11.6 Å². The molecule has 0 fully saturated rings. The van der Waals surface area contributed by atoms with E-state index in [1.807, 2.05) is 13.1 Å². The Morgan fingerprint density at radius 2 is 2.43 bits per heavy atom. The highest BCUT2D eigenvalue weighted by atomic mass is 35.5. The Hall–Kier alpha value is -1.11. The number of pyridine rings is 1. The fourth-order valence-electron chi connectivity index (χ4n) is 1.14. The predicted molar refractivity (Wildman–Crippen MR) is 55.8 cm³/mol. The minimum absolute atomic E-state index is 0.541. The first-order valence-corrected chi connectivity index (χ1v) is 4.75. The SMILES string of the molecule is CN(CCC#N)Cc1ccncc1Cl. The number of aromatic nitrogens is 1. The Morgan fingerprint density at radius 1 is 1.64 bits per heavy atom. The summed E-state index contributed by atoms with van der Waals surface area (Å²) < 4.78 is 0. The first kappa shape index (κ1) is 11.0. The molecule has 1 rings (SSSR count). The molecule has 0 unspecified atom stereocenters. The second kappa shape index (κ2) is 5.58. The van der Waals surface area contributed by atoms with E-state index in [1.165, 1.54) is 0 Å². The van der Waals surface area contributed by atoms with Crippen molar-refractivity contribution < 1.29 is 0 Å². The van der Waals surface area contributed by atoms with Gasteiger partial charge in [0, 0.05) is 31.9 Å². The molecule has 1 aromatic rings. The van der Waals surface area contributed by atoms with Gasteiger partial charge in [0.1, 0.15) is 0 Å². The number of hydrogen-bond acceptors (Lipinski definition) is 3. The van der Waals surface area contributed by atoms with E-state index in [4.69, 9.17) is 16.9 Å². The molecule has 0 aliphatic rings. The van der Waals surface area contributed by atoms with E-state index in [2.05, 4.69) is 16.0 Å². The monoisotopic (exact) mass is 209 g/mol. The van der Waals surface area contributed by atoms with Crippen LogP contribution in [0.25, 0.3) is 0 Å². The molecule has 1 aromatic heterocycles. The fourth-order valence-corrected chi connectivity index (χ4v) is 1.32. The van der Waals surface area contributed by atoms with Gasteiger partial charge >= 0.3 is 0 Å². The molecule has 3 nitrogen and oxygen atoms in total. The maximum Gasteiger partial charge on any atom is 0.0635 e. The van der Waals surface area contributed by atoms with Crippen LogP contribution in [0, 0.1) is 11.3 Å². The highest BCUT2D eigenvalue weighted by Crippen LogP contribution is 2.14. The molecule has 0 aromatic carbocycles. The molecule has 14 heavy (non-hydrogen) atoms. The zero-order valence-electron chi connectivity index (χ0n) is 8.07.